The van der Waals surface area contributed by atoms with E-state index in [0.29, 0.717) is 20.9 Å². The zero-order chi connectivity index (χ0) is 15.1. The van der Waals surface area contributed by atoms with Crippen LogP contribution in [-0.2, 0) is 11.3 Å². The lowest BCUT2D eigenvalue weighted by molar-refractivity contribution is -0.126. The minimum atomic E-state index is -0.514. The predicted octanol–water partition coefficient (Wildman–Crippen LogP) is 3.32. The summed E-state index contributed by atoms with van der Waals surface area (Å²) in [7, 11) is 0. The first-order valence-electron chi connectivity index (χ1n) is 6.07. The lowest BCUT2D eigenvalue weighted by Crippen LogP contribution is -2.30. The van der Waals surface area contributed by atoms with Crippen molar-refractivity contribution < 1.29 is 4.79 Å². The molecule has 0 unspecified atom stereocenters. The molecule has 4 nitrogen and oxygen atoms in total. The number of carbonyl (C=O) groups is 1. The molecule has 0 saturated carbocycles. The lowest BCUT2D eigenvalue weighted by atomic mass is 9.91. The van der Waals surface area contributed by atoms with Crippen LogP contribution in [0.1, 0.15) is 20.8 Å². The molecule has 0 radical (unpaired) electrons. The summed E-state index contributed by atoms with van der Waals surface area (Å²) < 4.78 is 1.28. The van der Waals surface area contributed by atoms with Gasteiger partial charge in [-0.15, -0.1) is 0 Å². The Bertz CT molecular complexity index is 745. The molecule has 0 amide bonds. The molecule has 0 bridgehead atoms. The van der Waals surface area contributed by atoms with E-state index < -0.39 is 5.41 Å². The van der Waals surface area contributed by atoms with Crippen LogP contribution in [0.2, 0.25) is 10.0 Å². The van der Waals surface area contributed by atoms with Crippen LogP contribution in [0.5, 0.6) is 0 Å². The monoisotopic (exact) mass is 312 g/mol. The van der Waals surface area contributed by atoms with Gasteiger partial charge in [0.1, 0.15) is 0 Å². The highest BCUT2D eigenvalue weighted by atomic mass is 35.5. The summed E-state index contributed by atoms with van der Waals surface area (Å²) in [6.45, 7) is 5.41. The fraction of sp³-hybridized carbons (Fsp3) is 0.357. The topological polar surface area (TPSA) is 52.0 Å². The molecule has 0 fully saturated rings. The normalized spacial score (nSPS) is 11.8. The van der Waals surface area contributed by atoms with E-state index in [2.05, 4.69) is 4.98 Å². The number of fused-ring (bicyclic) bond motifs is 1. The van der Waals surface area contributed by atoms with Crippen LogP contribution in [0.25, 0.3) is 10.9 Å². The first kappa shape index (κ1) is 15.0. The molecule has 0 spiro atoms. The largest absolute Gasteiger partial charge is 0.297 e. The maximum Gasteiger partial charge on any atom is 0.261 e. The number of nitrogens with zero attached hydrogens (tertiary/aromatic N) is 2. The Morgan fingerprint density at radius 2 is 1.95 bits per heavy atom. The van der Waals surface area contributed by atoms with Crippen LogP contribution in [0, 0.1) is 5.41 Å². The molecule has 0 aliphatic rings. The second-order valence-electron chi connectivity index (χ2n) is 5.63. The summed E-state index contributed by atoms with van der Waals surface area (Å²) in [4.78, 5) is 28.5. The zero-order valence-corrected chi connectivity index (χ0v) is 12.9. The Morgan fingerprint density at radius 3 is 2.55 bits per heavy atom. The van der Waals surface area contributed by atoms with Crippen molar-refractivity contribution in [3.05, 3.63) is 38.9 Å². The van der Waals surface area contributed by atoms with Crippen molar-refractivity contribution in [3.8, 4) is 0 Å². The Morgan fingerprint density at radius 1 is 1.30 bits per heavy atom. The molecule has 2 aromatic rings. The lowest BCUT2D eigenvalue weighted by Gasteiger charge is -2.17. The van der Waals surface area contributed by atoms with E-state index in [9.17, 15) is 9.59 Å². The van der Waals surface area contributed by atoms with Crippen LogP contribution in [0.3, 0.4) is 0 Å². The number of carbonyl (C=O) groups excluding carboxylic acids is 1. The van der Waals surface area contributed by atoms with Gasteiger partial charge in [0.2, 0.25) is 0 Å². The molecular formula is C14H14Cl2N2O2. The number of benzene rings is 1. The van der Waals surface area contributed by atoms with Crippen molar-refractivity contribution in [1.29, 1.82) is 0 Å². The molecular weight excluding hydrogens is 299 g/mol. The summed E-state index contributed by atoms with van der Waals surface area (Å²) >= 11 is 11.9. The third-order valence-electron chi connectivity index (χ3n) is 3.00. The average Bonchev–Trinajstić information content (AvgIpc) is 2.32. The Balaban J connectivity index is 2.56. The van der Waals surface area contributed by atoms with E-state index in [0.717, 1.165) is 0 Å². The molecule has 106 valence electrons. The fourth-order valence-electron chi connectivity index (χ4n) is 1.70. The predicted molar refractivity (Wildman–Crippen MR) is 80.5 cm³/mol. The van der Waals surface area contributed by atoms with Crippen LogP contribution in [0.15, 0.2) is 23.3 Å². The number of rotatable bonds is 2. The first-order chi connectivity index (χ1) is 9.20. The van der Waals surface area contributed by atoms with Gasteiger partial charge in [-0.05, 0) is 12.1 Å². The molecule has 0 saturated heterocycles. The summed E-state index contributed by atoms with van der Waals surface area (Å²) in [5.41, 5.74) is -0.446. The Kier molecular flexibility index (Phi) is 3.89. The van der Waals surface area contributed by atoms with Crippen molar-refractivity contribution in [2.75, 3.05) is 0 Å². The van der Waals surface area contributed by atoms with E-state index in [4.69, 9.17) is 23.2 Å². The second-order valence-corrected chi connectivity index (χ2v) is 6.48. The number of Topliss-reactive ketones (excluding diaryl/α,β-unsaturated/α-hetero) is 1. The molecule has 1 aromatic carbocycles. The third-order valence-corrected chi connectivity index (χ3v) is 3.50. The zero-order valence-electron chi connectivity index (χ0n) is 11.4. The number of ketones is 1. The maximum absolute atomic E-state index is 12.3. The van der Waals surface area contributed by atoms with Crippen molar-refractivity contribution in [2.45, 2.75) is 27.3 Å². The standard InChI is InChI=1S/C14H14Cl2N2O2/c1-14(2,3)11(19)6-18-7-17-12-9(13(18)20)4-8(15)5-10(12)16/h4-5,7H,6H2,1-3H3. The Labute approximate surface area is 126 Å². The number of halogens is 2. The summed E-state index contributed by atoms with van der Waals surface area (Å²) in [6, 6.07) is 3.04. The molecule has 0 N–H and O–H groups in total. The van der Waals surface area contributed by atoms with Gasteiger partial charge in [0.15, 0.2) is 5.78 Å². The second kappa shape index (κ2) is 5.19. The first-order valence-corrected chi connectivity index (χ1v) is 6.83. The van der Waals surface area contributed by atoms with Crippen molar-refractivity contribution in [2.24, 2.45) is 5.41 Å². The highest BCUT2D eigenvalue weighted by Gasteiger charge is 2.22. The molecule has 0 aliphatic carbocycles. The molecule has 20 heavy (non-hydrogen) atoms. The molecule has 1 heterocycles. The highest BCUT2D eigenvalue weighted by molar-refractivity contribution is 6.38. The van der Waals surface area contributed by atoms with Gasteiger partial charge in [0.25, 0.3) is 5.56 Å². The quantitative estimate of drug-likeness (QED) is 0.854. The van der Waals surface area contributed by atoms with Crippen molar-refractivity contribution in [1.82, 2.24) is 9.55 Å². The maximum atomic E-state index is 12.3. The smallest absolute Gasteiger partial charge is 0.261 e. The van der Waals surface area contributed by atoms with Gasteiger partial charge in [-0.1, -0.05) is 44.0 Å². The summed E-state index contributed by atoms with van der Waals surface area (Å²) in [5.74, 6) is -0.0473. The number of aromatic nitrogens is 2. The van der Waals surface area contributed by atoms with Gasteiger partial charge in [-0.25, -0.2) is 4.98 Å². The number of hydrogen-bond donors (Lipinski definition) is 0. The van der Waals surface area contributed by atoms with E-state index in [-0.39, 0.29) is 17.9 Å². The molecule has 2 rings (SSSR count). The molecule has 1 aromatic heterocycles. The molecule has 0 aliphatic heterocycles. The highest BCUT2D eigenvalue weighted by Crippen LogP contribution is 2.24. The minimum Gasteiger partial charge on any atom is -0.297 e. The number of hydrogen-bond acceptors (Lipinski definition) is 3. The van der Waals surface area contributed by atoms with Gasteiger partial charge in [0, 0.05) is 10.4 Å². The molecule has 0 atom stereocenters. The van der Waals surface area contributed by atoms with Crippen LogP contribution in [0.4, 0.5) is 0 Å². The Hall–Kier alpha value is -1.39. The fourth-order valence-corrected chi connectivity index (χ4v) is 2.24. The van der Waals surface area contributed by atoms with Gasteiger partial charge in [0.05, 0.1) is 28.8 Å². The molecule has 6 heteroatoms. The van der Waals surface area contributed by atoms with Crippen molar-refractivity contribution in [3.63, 3.8) is 0 Å². The average molecular weight is 313 g/mol. The van der Waals surface area contributed by atoms with Crippen LogP contribution >= 0.6 is 23.2 Å². The minimum absolute atomic E-state index is 0.0184. The van der Waals surface area contributed by atoms with Crippen LogP contribution in [-0.4, -0.2) is 15.3 Å². The van der Waals surface area contributed by atoms with E-state index >= 15 is 0 Å². The summed E-state index contributed by atoms with van der Waals surface area (Å²) in [6.07, 6.45) is 1.34. The van der Waals surface area contributed by atoms with E-state index in [1.165, 1.54) is 23.0 Å². The van der Waals surface area contributed by atoms with Gasteiger partial charge in [-0.3, -0.25) is 14.2 Å². The van der Waals surface area contributed by atoms with E-state index in [1.807, 2.05) is 20.8 Å². The van der Waals surface area contributed by atoms with Gasteiger partial charge >= 0.3 is 0 Å². The van der Waals surface area contributed by atoms with Gasteiger partial charge in [-0.2, -0.15) is 0 Å². The van der Waals surface area contributed by atoms with Gasteiger partial charge < -0.3 is 0 Å². The summed E-state index contributed by atoms with van der Waals surface area (Å²) in [5, 5.41) is 0.993. The van der Waals surface area contributed by atoms with Crippen LogP contribution < -0.4 is 5.56 Å². The SMILES string of the molecule is CC(C)(C)C(=O)Cn1cnc2c(Cl)cc(Cl)cc2c1=O. The van der Waals surface area contributed by atoms with E-state index in [1.54, 1.807) is 0 Å². The third kappa shape index (κ3) is 2.86. The van der Waals surface area contributed by atoms with Crippen molar-refractivity contribution >= 4 is 39.9 Å².